The molecule has 0 bridgehead atoms. The predicted octanol–water partition coefficient (Wildman–Crippen LogP) is 3.85. The van der Waals surface area contributed by atoms with Gasteiger partial charge in [0, 0.05) is 10.6 Å². The number of hydrogen-bond acceptors (Lipinski definition) is 5. The third kappa shape index (κ3) is 2.91. The summed E-state index contributed by atoms with van der Waals surface area (Å²) in [6.07, 6.45) is -0.899. The number of methoxy groups -OCH3 is 1. The highest BCUT2D eigenvalue weighted by Gasteiger charge is 2.33. The van der Waals surface area contributed by atoms with Crippen molar-refractivity contribution in [2.24, 2.45) is 5.73 Å². The molecule has 0 aliphatic carbocycles. The van der Waals surface area contributed by atoms with E-state index < -0.39 is 6.23 Å². The van der Waals surface area contributed by atoms with Crippen molar-refractivity contribution in [1.29, 1.82) is 5.26 Å². The van der Waals surface area contributed by atoms with Crippen LogP contribution in [0.2, 0.25) is 5.02 Å². The van der Waals surface area contributed by atoms with Crippen molar-refractivity contribution in [2.75, 3.05) is 7.11 Å². The van der Waals surface area contributed by atoms with Gasteiger partial charge in [0.25, 0.3) is 0 Å². The van der Waals surface area contributed by atoms with Crippen LogP contribution in [0.3, 0.4) is 0 Å². The highest BCUT2D eigenvalue weighted by atomic mass is 35.5. The Labute approximate surface area is 167 Å². The van der Waals surface area contributed by atoms with E-state index in [-0.39, 0.29) is 0 Å². The maximum Gasteiger partial charge on any atom is 0.226 e. The van der Waals surface area contributed by atoms with Gasteiger partial charge in [-0.3, -0.25) is 5.73 Å². The second kappa shape index (κ2) is 7.04. The molecule has 2 N–H and O–H groups in total. The van der Waals surface area contributed by atoms with Crippen molar-refractivity contribution in [3.05, 3.63) is 75.9 Å². The van der Waals surface area contributed by atoms with Gasteiger partial charge in [-0.1, -0.05) is 29.8 Å². The molecule has 1 atom stereocenters. The largest absolute Gasteiger partial charge is 0.497 e. The lowest BCUT2D eigenvalue weighted by atomic mass is 9.91. The Bertz CT molecular complexity index is 1130. The molecular weight excluding hydrogens is 376 g/mol. The van der Waals surface area contributed by atoms with E-state index >= 15 is 0 Å². The van der Waals surface area contributed by atoms with E-state index in [4.69, 9.17) is 26.8 Å². The number of aryl methyl sites for hydroxylation is 1. The van der Waals surface area contributed by atoms with Crippen molar-refractivity contribution in [3.8, 4) is 23.4 Å². The highest BCUT2D eigenvalue weighted by Crippen LogP contribution is 2.42. The van der Waals surface area contributed by atoms with Crippen LogP contribution in [-0.4, -0.2) is 23.1 Å². The fourth-order valence-corrected chi connectivity index (χ4v) is 3.50. The summed E-state index contributed by atoms with van der Waals surface area (Å²) in [4.78, 5) is 0. The average Bonchev–Trinajstić information content (AvgIpc) is 3.03. The van der Waals surface area contributed by atoms with Crippen LogP contribution in [0, 0.1) is 18.3 Å². The van der Waals surface area contributed by atoms with Gasteiger partial charge in [-0.2, -0.15) is 10.4 Å². The van der Waals surface area contributed by atoms with E-state index in [9.17, 15) is 5.26 Å². The summed E-state index contributed by atoms with van der Waals surface area (Å²) < 4.78 is 12.8. The van der Waals surface area contributed by atoms with Crippen LogP contribution in [0.25, 0.3) is 11.3 Å². The minimum Gasteiger partial charge on any atom is -0.497 e. The van der Waals surface area contributed by atoms with Crippen LogP contribution in [0.1, 0.15) is 16.8 Å². The molecule has 3 aromatic rings. The Morgan fingerprint density at radius 2 is 2.00 bits per heavy atom. The van der Waals surface area contributed by atoms with E-state index in [0.717, 1.165) is 28.3 Å². The number of rotatable bonds is 3. The standard InChI is InChI=1S/C21H17ClN4O2/c1-12-18-19(13-6-8-16(27-2)9-7-13)17(11-23)20(24)28-21(18)26(25-12)15-5-3-4-14(22)10-15/h3-10,20H,24H2,1-2H3. The summed E-state index contributed by atoms with van der Waals surface area (Å²) in [5.41, 5.74) is 10.3. The molecule has 1 aliphatic heterocycles. The number of hydrogen-bond donors (Lipinski definition) is 1. The summed E-state index contributed by atoms with van der Waals surface area (Å²) in [6, 6.07) is 17.0. The van der Waals surface area contributed by atoms with Crippen LogP contribution >= 0.6 is 11.6 Å². The minimum absolute atomic E-state index is 0.353. The lowest BCUT2D eigenvalue weighted by Crippen LogP contribution is -2.33. The maximum atomic E-state index is 9.73. The SMILES string of the molecule is COc1ccc(C2=C(C#N)C(N)Oc3c2c(C)nn3-c2cccc(Cl)c2)cc1. The van der Waals surface area contributed by atoms with Gasteiger partial charge in [0.2, 0.25) is 5.88 Å². The first kappa shape index (κ1) is 18.1. The highest BCUT2D eigenvalue weighted by molar-refractivity contribution is 6.30. The lowest BCUT2D eigenvalue weighted by Gasteiger charge is -2.25. The number of ether oxygens (including phenoxy) is 2. The first-order valence-electron chi connectivity index (χ1n) is 8.60. The second-order valence-electron chi connectivity index (χ2n) is 6.32. The fourth-order valence-electron chi connectivity index (χ4n) is 3.32. The fraction of sp³-hybridized carbons (Fsp3) is 0.143. The topological polar surface area (TPSA) is 86.1 Å². The van der Waals surface area contributed by atoms with E-state index in [0.29, 0.717) is 22.0 Å². The molecule has 0 saturated carbocycles. The summed E-state index contributed by atoms with van der Waals surface area (Å²) >= 11 is 6.14. The third-order valence-electron chi connectivity index (χ3n) is 4.61. The second-order valence-corrected chi connectivity index (χ2v) is 6.76. The first-order valence-corrected chi connectivity index (χ1v) is 8.98. The summed E-state index contributed by atoms with van der Waals surface area (Å²) in [6.45, 7) is 1.87. The van der Waals surface area contributed by atoms with Gasteiger partial charge in [-0.25, -0.2) is 4.68 Å². The molecule has 7 heteroatoms. The van der Waals surface area contributed by atoms with Gasteiger partial charge >= 0.3 is 0 Å². The van der Waals surface area contributed by atoms with Crippen LogP contribution in [-0.2, 0) is 0 Å². The monoisotopic (exact) mass is 392 g/mol. The Morgan fingerprint density at radius 3 is 2.64 bits per heavy atom. The maximum absolute atomic E-state index is 9.73. The average molecular weight is 393 g/mol. The van der Waals surface area contributed by atoms with E-state index in [1.54, 1.807) is 23.9 Å². The van der Waals surface area contributed by atoms with Crippen molar-refractivity contribution in [2.45, 2.75) is 13.2 Å². The first-order chi connectivity index (χ1) is 13.5. The number of nitriles is 1. The summed E-state index contributed by atoms with van der Waals surface area (Å²) in [5.74, 6) is 1.21. The molecule has 2 aromatic carbocycles. The van der Waals surface area contributed by atoms with Crippen molar-refractivity contribution in [1.82, 2.24) is 9.78 Å². The van der Waals surface area contributed by atoms with E-state index in [1.807, 2.05) is 43.3 Å². The van der Waals surface area contributed by atoms with Gasteiger partial charge < -0.3 is 9.47 Å². The van der Waals surface area contributed by atoms with Gasteiger partial charge in [0.15, 0.2) is 6.23 Å². The van der Waals surface area contributed by atoms with Crippen molar-refractivity contribution < 1.29 is 9.47 Å². The van der Waals surface area contributed by atoms with Crippen LogP contribution in [0.4, 0.5) is 0 Å². The zero-order valence-electron chi connectivity index (χ0n) is 15.3. The van der Waals surface area contributed by atoms with E-state index in [2.05, 4.69) is 11.2 Å². The molecule has 0 fully saturated rings. The molecule has 0 amide bonds. The number of aromatic nitrogens is 2. The summed E-state index contributed by atoms with van der Waals surface area (Å²) in [5, 5.41) is 14.9. The third-order valence-corrected chi connectivity index (χ3v) is 4.85. The lowest BCUT2D eigenvalue weighted by molar-refractivity contribution is 0.228. The molecule has 1 aliphatic rings. The number of fused-ring (bicyclic) bond motifs is 1. The van der Waals surface area contributed by atoms with Crippen LogP contribution in [0.15, 0.2) is 54.1 Å². The predicted molar refractivity (Wildman–Crippen MR) is 107 cm³/mol. The molecule has 140 valence electrons. The van der Waals surface area contributed by atoms with E-state index in [1.165, 1.54) is 0 Å². The molecular formula is C21H17ClN4O2. The van der Waals surface area contributed by atoms with Crippen molar-refractivity contribution >= 4 is 17.2 Å². The van der Waals surface area contributed by atoms with Crippen LogP contribution < -0.4 is 15.2 Å². The normalized spacial score (nSPS) is 15.6. The Hall–Kier alpha value is -3.27. The van der Waals surface area contributed by atoms with Crippen LogP contribution in [0.5, 0.6) is 11.6 Å². The van der Waals surface area contributed by atoms with Gasteiger partial charge in [0.1, 0.15) is 11.8 Å². The molecule has 1 unspecified atom stereocenters. The quantitative estimate of drug-likeness (QED) is 0.731. The number of nitrogens with two attached hydrogens (primary N) is 1. The number of benzene rings is 2. The molecule has 4 rings (SSSR count). The Balaban J connectivity index is 1.96. The Kier molecular flexibility index (Phi) is 4.55. The Morgan fingerprint density at radius 1 is 1.25 bits per heavy atom. The molecule has 1 aromatic heterocycles. The molecule has 6 nitrogen and oxygen atoms in total. The number of halogens is 1. The van der Waals surface area contributed by atoms with Gasteiger partial charge in [-0.15, -0.1) is 0 Å². The number of nitrogens with zero attached hydrogens (tertiary/aromatic N) is 3. The zero-order valence-corrected chi connectivity index (χ0v) is 16.1. The smallest absolute Gasteiger partial charge is 0.226 e. The van der Waals surface area contributed by atoms with Gasteiger partial charge in [0.05, 0.1) is 29.6 Å². The minimum atomic E-state index is -0.899. The molecule has 28 heavy (non-hydrogen) atoms. The van der Waals surface area contributed by atoms with Gasteiger partial charge in [-0.05, 0) is 42.8 Å². The molecule has 0 radical (unpaired) electrons. The molecule has 0 saturated heterocycles. The molecule has 2 heterocycles. The zero-order chi connectivity index (χ0) is 19.8. The van der Waals surface area contributed by atoms with Crippen molar-refractivity contribution in [3.63, 3.8) is 0 Å². The molecule has 0 spiro atoms. The summed E-state index contributed by atoms with van der Waals surface area (Å²) in [7, 11) is 1.61.